The van der Waals surface area contributed by atoms with Crippen LogP contribution in [0.3, 0.4) is 0 Å². The smallest absolute Gasteiger partial charge is 0.342 e. The molecule has 2 aromatic rings. The van der Waals surface area contributed by atoms with Crippen LogP contribution in [0.1, 0.15) is 60.4 Å². The Bertz CT molecular complexity index is 1200. The summed E-state index contributed by atoms with van der Waals surface area (Å²) in [5, 5.41) is 20.4. The van der Waals surface area contributed by atoms with Gasteiger partial charge in [-0.2, -0.15) is 0 Å². The summed E-state index contributed by atoms with van der Waals surface area (Å²) < 4.78 is 23.9. The molecular weight excluding hydrogens is 476 g/mol. The van der Waals surface area contributed by atoms with Crippen molar-refractivity contribution >= 4 is 18.0 Å². The topological polar surface area (TPSA) is 112 Å². The molecule has 0 spiro atoms. The van der Waals surface area contributed by atoms with E-state index in [1.54, 1.807) is 63.3 Å². The molecule has 0 bridgehead atoms. The van der Waals surface area contributed by atoms with Gasteiger partial charge in [-0.15, -0.1) is 0 Å². The highest BCUT2D eigenvalue weighted by molar-refractivity contribution is 5.97. The van der Waals surface area contributed by atoms with Gasteiger partial charge in [-0.1, -0.05) is 43.4 Å². The molecule has 0 amide bonds. The van der Waals surface area contributed by atoms with Crippen LogP contribution in [0.2, 0.25) is 0 Å². The Balaban J connectivity index is 1.72. The Labute approximate surface area is 216 Å². The Morgan fingerprint density at radius 3 is 2.51 bits per heavy atom. The van der Waals surface area contributed by atoms with E-state index in [-0.39, 0.29) is 23.0 Å². The van der Waals surface area contributed by atoms with Gasteiger partial charge in [0.25, 0.3) is 0 Å². The highest BCUT2D eigenvalue weighted by atomic mass is 16.8. The lowest BCUT2D eigenvalue weighted by Crippen LogP contribution is -2.37. The van der Waals surface area contributed by atoms with Crippen molar-refractivity contribution in [1.29, 1.82) is 0 Å². The van der Waals surface area contributed by atoms with Gasteiger partial charge in [-0.05, 0) is 57.0 Å². The minimum absolute atomic E-state index is 0.0377. The van der Waals surface area contributed by atoms with Gasteiger partial charge in [-0.25, -0.2) is 9.59 Å². The molecule has 8 nitrogen and oxygen atoms in total. The van der Waals surface area contributed by atoms with Crippen LogP contribution in [-0.4, -0.2) is 52.4 Å². The van der Waals surface area contributed by atoms with E-state index >= 15 is 0 Å². The second-order valence-corrected chi connectivity index (χ2v) is 9.80. The van der Waals surface area contributed by atoms with E-state index in [1.165, 1.54) is 6.07 Å². The van der Waals surface area contributed by atoms with Crippen LogP contribution >= 0.6 is 0 Å². The van der Waals surface area contributed by atoms with Crippen molar-refractivity contribution in [2.24, 2.45) is 5.92 Å². The molecule has 4 rings (SSSR count). The normalized spacial score (nSPS) is 29.2. The lowest BCUT2D eigenvalue weighted by atomic mass is 9.98. The number of aromatic hydroxyl groups is 2. The van der Waals surface area contributed by atoms with E-state index in [9.17, 15) is 19.8 Å². The van der Waals surface area contributed by atoms with Crippen LogP contribution in [-0.2, 0) is 18.9 Å². The number of ether oxygens (including phenoxy) is 4. The summed E-state index contributed by atoms with van der Waals surface area (Å²) in [5.74, 6) is -2.96. The summed E-state index contributed by atoms with van der Waals surface area (Å²) >= 11 is 0. The van der Waals surface area contributed by atoms with Crippen LogP contribution in [0.25, 0.3) is 6.08 Å². The molecule has 1 saturated heterocycles. The predicted molar refractivity (Wildman–Crippen MR) is 136 cm³/mol. The summed E-state index contributed by atoms with van der Waals surface area (Å²) in [6.07, 6.45) is 4.82. The van der Waals surface area contributed by atoms with Gasteiger partial charge in [0.1, 0.15) is 35.4 Å². The molecule has 0 aromatic heterocycles. The summed E-state index contributed by atoms with van der Waals surface area (Å²) in [6, 6.07) is 11.2. The monoisotopic (exact) mass is 508 g/mol. The first kappa shape index (κ1) is 26.4. The van der Waals surface area contributed by atoms with Crippen molar-refractivity contribution in [2.45, 2.75) is 64.3 Å². The molecule has 0 saturated carbocycles. The average Bonchev–Trinajstić information content (AvgIpc) is 3.14. The fourth-order valence-electron chi connectivity index (χ4n) is 4.40. The van der Waals surface area contributed by atoms with Crippen molar-refractivity contribution in [1.82, 2.24) is 0 Å². The molecular formula is C29H32O8. The van der Waals surface area contributed by atoms with Gasteiger partial charge in [0, 0.05) is 12.0 Å². The standard InChI is InChI=1S/C29H32O8/c1-17-13-14-23(35-27(32)19-9-6-5-7-10-19)26-24(36-29(3,4)37-26)12-8-11-20-15-21(30)16-22(31)25(20)28(33)34-18(17)2/h5-11,13-18,23-24,26,30-31H,12H2,1-4H3/b11-8+,14-13-/t17-,18+,23?,24?,26?/m1/s1. The molecule has 2 aliphatic rings. The zero-order chi connectivity index (χ0) is 26.7. The summed E-state index contributed by atoms with van der Waals surface area (Å²) in [5.41, 5.74) is 0.678. The molecule has 8 heteroatoms. The van der Waals surface area contributed by atoms with Crippen LogP contribution in [0, 0.1) is 5.92 Å². The van der Waals surface area contributed by atoms with Crippen LogP contribution in [0.4, 0.5) is 0 Å². The van der Waals surface area contributed by atoms with Crippen LogP contribution in [0.15, 0.2) is 60.7 Å². The average molecular weight is 509 g/mol. The number of phenolic OH excluding ortho intramolecular Hbond substituents is 2. The number of hydrogen-bond donors (Lipinski definition) is 2. The quantitative estimate of drug-likeness (QED) is 0.431. The van der Waals surface area contributed by atoms with Gasteiger partial charge in [-0.3, -0.25) is 0 Å². The first-order valence-corrected chi connectivity index (χ1v) is 12.3. The SMILES string of the molecule is C[C@@H]1/C=C\C(OC(=O)c2ccccc2)C2OC(C)(C)OC2C/C=C/c2cc(O)cc(O)c2C(=O)O[C@H]1C. The molecule has 2 aliphatic heterocycles. The summed E-state index contributed by atoms with van der Waals surface area (Å²) in [7, 11) is 0. The molecule has 1 fully saturated rings. The van der Waals surface area contributed by atoms with Gasteiger partial charge in [0.15, 0.2) is 5.79 Å². The van der Waals surface area contributed by atoms with Crippen LogP contribution < -0.4 is 0 Å². The van der Waals surface area contributed by atoms with Gasteiger partial charge >= 0.3 is 11.9 Å². The van der Waals surface area contributed by atoms with Crippen molar-refractivity contribution in [3.05, 3.63) is 77.4 Å². The maximum atomic E-state index is 13.0. The molecule has 0 radical (unpaired) electrons. The Morgan fingerprint density at radius 2 is 1.78 bits per heavy atom. The summed E-state index contributed by atoms with van der Waals surface area (Å²) in [4.78, 5) is 25.9. The predicted octanol–water partition coefficient (Wildman–Crippen LogP) is 5.00. The molecule has 196 valence electrons. The van der Waals surface area contributed by atoms with Crippen molar-refractivity contribution in [2.75, 3.05) is 0 Å². The number of carbonyl (C=O) groups is 2. The molecule has 0 aliphatic carbocycles. The lowest BCUT2D eigenvalue weighted by molar-refractivity contribution is -0.152. The highest BCUT2D eigenvalue weighted by Gasteiger charge is 2.45. The maximum Gasteiger partial charge on any atom is 0.342 e. The minimum atomic E-state index is -0.922. The first-order chi connectivity index (χ1) is 17.5. The second-order valence-electron chi connectivity index (χ2n) is 9.80. The maximum absolute atomic E-state index is 13.0. The van der Waals surface area contributed by atoms with E-state index in [0.717, 1.165) is 6.07 Å². The summed E-state index contributed by atoms with van der Waals surface area (Å²) in [6.45, 7) is 7.18. The highest BCUT2D eigenvalue weighted by Crippen LogP contribution is 2.35. The Hall–Kier alpha value is -3.62. The first-order valence-electron chi connectivity index (χ1n) is 12.3. The van der Waals surface area contributed by atoms with E-state index < -0.39 is 42.1 Å². The Kier molecular flexibility index (Phi) is 7.71. The third kappa shape index (κ3) is 6.21. The molecule has 2 aromatic carbocycles. The second kappa shape index (κ2) is 10.8. The fourth-order valence-corrected chi connectivity index (χ4v) is 4.40. The molecule has 5 atom stereocenters. The van der Waals surface area contributed by atoms with E-state index in [0.29, 0.717) is 17.5 Å². The number of benzene rings is 2. The molecule has 37 heavy (non-hydrogen) atoms. The largest absolute Gasteiger partial charge is 0.508 e. The van der Waals surface area contributed by atoms with Crippen LogP contribution in [0.5, 0.6) is 11.5 Å². The fraction of sp³-hybridized carbons (Fsp3) is 0.379. The third-order valence-corrected chi connectivity index (χ3v) is 6.44. The Morgan fingerprint density at radius 1 is 1.05 bits per heavy atom. The van der Waals surface area contributed by atoms with Crippen molar-refractivity contribution in [3.63, 3.8) is 0 Å². The molecule has 2 heterocycles. The molecule has 2 N–H and O–H groups in total. The number of fused-ring (bicyclic) bond motifs is 2. The van der Waals surface area contributed by atoms with Gasteiger partial charge in [0.05, 0.1) is 11.7 Å². The number of carbonyl (C=O) groups excluding carboxylic acids is 2. The number of hydrogen-bond acceptors (Lipinski definition) is 8. The minimum Gasteiger partial charge on any atom is -0.508 e. The lowest BCUT2D eigenvalue weighted by Gasteiger charge is -2.25. The molecule has 3 unspecified atom stereocenters. The van der Waals surface area contributed by atoms with Crippen molar-refractivity contribution < 1.29 is 38.7 Å². The number of phenols is 2. The zero-order valence-corrected chi connectivity index (χ0v) is 21.3. The van der Waals surface area contributed by atoms with E-state index in [1.807, 2.05) is 19.1 Å². The van der Waals surface area contributed by atoms with Crippen molar-refractivity contribution in [3.8, 4) is 11.5 Å². The number of rotatable bonds is 2. The third-order valence-electron chi connectivity index (χ3n) is 6.44. The number of esters is 2. The van der Waals surface area contributed by atoms with Gasteiger partial charge < -0.3 is 29.2 Å². The number of cyclic esters (lactones) is 1. The van der Waals surface area contributed by atoms with Gasteiger partial charge in [0.2, 0.25) is 0 Å². The van der Waals surface area contributed by atoms with E-state index in [2.05, 4.69) is 0 Å². The zero-order valence-electron chi connectivity index (χ0n) is 21.3. The van der Waals surface area contributed by atoms with E-state index in [4.69, 9.17) is 18.9 Å².